The summed E-state index contributed by atoms with van der Waals surface area (Å²) in [5.74, 6) is 0. The molecule has 0 aromatic rings. The minimum absolute atomic E-state index is 0.783. The van der Waals surface area contributed by atoms with Crippen molar-refractivity contribution >= 4 is 12.7 Å². The zero-order chi connectivity index (χ0) is 9.07. The lowest BCUT2D eigenvalue weighted by molar-refractivity contribution is -0.385. The molecule has 0 fully saturated rings. The van der Waals surface area contributed by atoms with Crippen molar-refractivity contribution in [1.29, 1.82) is 0 Å². The van der Waals surface area contributed by atoms with E-state index in [4.69, 9.17) is 0 Å². The van der Waals surface area contributed by atoms with Gasteiger partial charge in [-0.15, -0.1) is 0 Å². The fraction of sp³-hybridized carbons (Fsp3) is 0.600. The number of hydrogen-bond acceptors (Lipinski definition) is 1. The third-order valence-electron chi connectivity index (χ3n) is 0.787. The number of hydrogen-bond donors (Lipinski definition) is 1. The SMILES string of the molecule is C=[N+](C)C(=O)NCC(F)(F)F. The maximum Gasteiger partial charge on any atom is 0.490 e. The van der Waals surface area contributed by atoms with Gasteiger partial charge in [0.25, 0.3) is 0 Å². The molecule has 64 valence electrons. The van der Waals surface area contributed by atoms with Crippen molar-refractivity contribution in [3.8, 4) is 0 Å². The van der Waals surface area contributed by atoms with Crippen molar-refractivity contribution in [2.24, 2.45) is 0 Å². The zero-order valence-electron chi connectivity index (χ0n) is 5.90. The molecule has 0 bridgehead atoms. The average molecular weight is 169 g/mol. The van der Waals surface area contributed by atoms with Crippen LogP contribution in [0.2, 0.25) is 0 Å². The molecular weight excluding hydrogens is 161 g/mol. The number of alkyl halides is 3. The fourth-order valence-electron chi connectivity index (χ4n) is 0.311. The second-order valence-corrected chi connectivity index (χ2v) is 1.97. The van der Waals surface area contributed by atoms with Crippen LogP contribution in [0, 0.1) is 0 Å². The van der Waals surface area contributed by atoms with E-state index in [-0.39, 0.29) is 0 Å². The Bertz CT molecular complexity index is 175. The van der Waals surface area contributed by atoms with Gasteiger partial charge in [0, 0.05) is 0 Å². The van der Waals surface area contributed by atoms with Crippen molar-refractivity contribution in [3.63, 3.8) is 0 Å². The lowest BCUT2D eigenvalue weighted by Crippen LogP contribution is -2.37. The highest BCUT2D eigenvalue weighted by Crippen LogP contribution is 2.11. The molecule has 3 nitrogen and oxygen atoms in total. The third-order valence-corrected chi connectivity index (χ3v) is 0.787. The number of amides is 2. The van der Waals surface area contributed by atoms with Crippen LogP contribution in [-0.2, 0) is 0 Å². The van der Waals surface area contributed by atoms with Crippen LogP contribution in [0.25, 0.3) is 0 Å². The van der Waals surface area contributed by atoms with Crippen molar-refractivity contribution in [2.75, 3.05) is 13.6 Å². The van der Waals surface area contributed by atoms with Crippen LogP contribution in [0.4, 0.5) is 18.0 Å². The monoisotopic (exact) mass is 169 g/mol. The Morgan fingerprint density at radius 1 is 1.64 bits per heavy atom. The Kier molecular flexibility index (Phi) is 3.03. The Morgan fingerprint density at radius 3 is 2.36 bits per heavy atom. The summed E-state index contributed by atoms with van der Waals surface area (Å²) in [6.07, 6.45) is -4.37. The highest BCUT2D eigenvalue weighted by Gasteiger charge is 2.31. The lowest BCUT2D eigenvalue weighted by Gasteiger charge is -2.01. The van der Waals surface area contributed by atoms with Gasteiger partial charge >= 0.3 is 12.2 Å². The van der Waals surface area contributed by atoms with Crippen LogP contribution >= 0.6 is 0 Å². The average Bonchev–Trinajstić information content (AvgIpc) is 1.80. The normalized spacial score (nSPS) is 10.9. The highest BCUT2D eigenvalue weighted by molar-refractivity contribution is 5.66. The van der Waals surface area contributed by atoms with E-state index in [1.807, 2.05) is 0 Å². The number of rotatable bonds is 1. The largest absolute Gasteiger partial charge is 0.490 e. The first-order valence-electron chi connectivity index (χ1n) is 2.72. The summed E-state index contributed by atoms with van der Waals surface area (Å²) in [5.41, 5.74) is 0. The molecule has 0 unspecified atom stereocenters. The summed E-state index contributed by atoms with van der Waals surface area (Å²) in [6.45, 7) is 1.77. The Morgan fingerprint density at radius 2 is 2.09 bits per heavy atom. The van der Waals surface area contributed by atoms with Gasteiger partial charge in [-0.3, -0.25) is 0 Å². The predicted octanol–water partition coefficient (Wildman–Crippen LogP) is 0.601. The predicted molar refractivity (Wildman–Crippen MR) is 32.8 cm³/mol. The molecule has 0 aromatic carbocycles. The first-order chi connectivity index (χ1) is 4.83. The van der Waals surface area contributed by atoms with Crippen LogP contribution in [0.15, 0.2) is 0 Å². The number of carbonyl (C=O) groups is 1. The van der Waals surface area contributed by atoms with Crippen LogP contribution in [-0.4, -0.2) is 37.1 Å². The molecule has 0 radical (unpaired) electrons. The van der Waals surface area contributed by atoms with E-state index >= 15 is 0 Å². The molecule has 0 aliphatic heterocycles. The van der Waals surface area contributed by atoms with Gasteiger partial charge in [-0.25, -0.2) is 9.89 Å². The van der Waals surface area contributed by atoms with Gasteiger partial charge in [-0.2, -0.15) is 18.0 Å². The van der Waals surface area contributed by atoms with E-state index in [9.17, 15) is 18.0 Å². The quantitative estimate of drug-likeness (QED) is 0.452. The van der Waals surface area contributed by atoms with Gasteiger partial charge in [0.1, 0.15) is 0 Å². The zero-order valence-corrected chi connectivity index (χ0v) is 5.90. The minimum Gasteiger partial charge on any atom is -0.229 e. The molecule has 0 saturated heterocycles. The molecule has 0 aliphatic carbocycles. The standard InChI is InChI=1S/C5H7F3N2O/c1-10(2)4(11)9-3-5(6,7)8/h1,3H2,2H3/p+1. The molecule has 0 spiro atoms. The summed E-state index contributed by atoms with van der Waals surface area (Å²) in [6, 6.07) is -0.859. The molecule has 6 heteroatoms. The van der Waals surface area contributed by atoms with Crippen LogP contribution in [0.3, 0.4) is 0 Å². The minimum atomic E-state index is -4.37. The van der Waals surface area contributed by atoms with E-state index in [0.29, 0.717) is 0 Å². The van der Waals surface area contributed by atoms with E-state index in [0.717, 1.165) is 4.58 Å². The van der Waals surface area contributed by atoms with Crippen molar-refractivity contribution in [1.82, 2.24) is 5.32 Å². The molecular formula is C5H8F3N2O+. The maximum atomic E-state index is 11.4. The molecule has 0 atom stereocenters. The summed E-state index contributed by atoms with van der Waals surface area (Å²) < 4.78 is 35.1. The van der Waals surface area contributed by atoms with E-state index in [1.165, 1.54) is 7.05 Å². The summed E-state index contributed by atoms with van der Waals surface area (Å²) in [4.78, 5) is 10.4. The molecule has 0 saturated carbocycles. The second-order valence-electron chi connectivity index (χ2n) is 1.97. The summed E-state index contributed by atoms with van der Waals surface area (Å²) in [5, 5.41) is 1.62. The van der Waals surface area contributed by atoms with Crippen molar-refractivity contribution < 1.29 is 22.5 Å². The summed E-state index contributed by atoms with van der Waals surface area (Å²) >= 11 is 0. The van der Waals surface area contributed by atoms with Crippen molar-refractivity contribution in [2.45, 2.75) is 6.18 Å². The van der Waals surface area contributed by atoms with Crippen LogP contribution < -0.4 is 5.32 Å². The topological polar surface area (TPSA) is 32.1 Å². The Hall–Kier alpha value is -1.07. The van der Waals surface area contributed by atoms with Crippen molar-refractivity contribution in [3.05, 3.63) is 0 Å². The van der Waals surface area contributed by atoms with E-state index in [1.54, 1.807) is 5.32 Å². The third kappa shape index (κ3) is 5.38. The first-order valence-corrected chi connectivity index (χ1v) is 2.72. The molecule has 0 aromatic heterocycles. The number of halogens is 3. The van der Waals surface area contributed by atoms with Gasteiger partial charge < -0.3 is 0 Å². The number of carbonyl (C=O) groups excluding carboxylic acids is 1. The smallest absolute Gasteiger partial charge is 0.229 e. The number of nitrogens with zero attached hydrogens (tertiary/aromatic N) is 1. The van der Waals surface area contributed by atoms with Gasteiger partial charge in [-0.05, 0) is 0 Å². The Labute approximate surface area is 61.5 Å². The lowest BCUT2D eigenvalue weighted by atomic mass is 10.6. The molecule has 0 heterocycles. The first kappa shape index (κ1) is 9.93. The van der Waals surface area contributed by atoms with Gasteiger partial charge in [-0.1, -0.05) is 0 Å². The van der Waals surface area contributed by atoms with Crippen LogP contribution in [0.1, 0.15) is 0 Å². The number of nitrogens with one attached hydrogen (secondary N) is 1. The maximum absolute atomic E-state index is 11.4. The molecule has 0 aliphatic rings. The molecule has 0 rings (SSSR count). The molecule has 11 heavy (non-hydrogen) atoms. The summed E-state index contributed by atoms with van der Waals surface area (Å²) in [7, 11) is 1.26. The van der Waals surface area contributed by atoms with Crippen LogP contribution in [0.5, 0.6) is 0 Å². The van der Waals surface area contributed by atoms with Gasteiger partial charge in [0.05, 0.1) is 13.8 Å². The van der Waals surface area contributed by atoms with Gasteiger partial charge in [0.2, 0.25) is 0 Å². The second kappa shape index (κ2) is 3.36. The highest BCUT2D eigenvalue weighted by atomic mass is 19.4. The number of urea groups is 1. The van der Waals surface area contributed by atoms with E-state index in [2.05, 4.69) is 6.72 Å². The fourth-order valence-corrected chi connectivity index (χ4v) is 0.311. The van der Waals surface area contributed by atoms with Gasteiger partial charge in [0.15, 0.2) is 6.54 Å². The van der Waals surface area contributed by atoms with E-state index < -0.39 is 18.8 Å². The molecule has 2 amide bonds. The molecule has 1 N–H and O–H groups in total. The Balaban J connectivity index is 3.73.